The molecule has 3 heteroatoms. The van der Waals surface area contributed by atoms with Gasteiger partial charge in [-0.15, -0.1) is 0 Å². The molecule has 0 unspecified atom stereocenters. The number of benzene rings is 1. The van der Waals surface area contributed by atoms with Crippen LogP contribution in [0.1, 0.15) is 49.0 Å². The van der Waals surface area contributed by atoms with Crippen LogP contribution in [0.5, 0.6) is 0 Å². The number of carbonyl (C=O) groups excluding carboxylic acids is 1. The summed E-state index contributed by atoms with van der Waals surface area (Å²) in [5, 5.41) is 11.5. The van der Waals surface area contributed by atoms with E-state index in [4.69, 9.17) is 4.74 Å². The molecule has 1 saturated carbocycles. The number of carbonyl (C=O) groups is 1. The second kappa shape index (κ2) is 3.96. The standard InChI is InChI=1S/C18H22O3/c1-16-11-21-17(2)8-7-13(16)9-12-5-3-4-6-14(12)15(19)10-18(16,17)20/h3-6,13,20H,7-11H2,1-2H3/t13-,16-,17+,18-/m0/s1. The molecule has 1 aliphatic heterocycles. The molecule has 0 amide bonds. The van der Waals surface area contributed by atoms with Gasteiger partial charge in [0, 0.05) is 17.4 Å². The second-order valence-electron chi connectivity index (χ2n) is 7.49. The van der Waals surface area contributed by atoms with Crippen LogP contribution in [0, 0.1) is 11.3 Å². The molecular formula is C18H22O3. The van der Waals surface area contributed by atoms with E-state index < -0.39 is 11.2 Å². The Morgan fingerprint density at radius 1 is 1.29 bits per heavy atom. The number of rotatable bonds is 0. The molecule has 2 aliphatic carbocycles. The third-order valence-electron chi connectivity index (χ3n) is 6.58. The van der Waals surface area contributed by atoms with Crippen LogP contribution in [0.3, 0.4) is 0 Å². The Kier molecular flexibility index (Phi) is 2.54. The van der Waals surface area contributed by atoms with Gasteiger partial charge in [-0.1, -0.05) is 31.2 Å². The molecule has 21 heavy (non-hydrogen) atoms. The van der Waals surface area contributed by atoms with Gasteiger partial charge < -0.3 is 9.84 Å². The van der Waals surface area contributed by atoms with Crippen molar-refractivity contribution in [3.8, 4) is 0 Å². The molecule has 1 heterocycles. The zero-order valence-electron chi connectivity index (χ0n) is 12.7. The van der Waals surface area contributed by atoms with E-state index in [2.05, 4.69) is 13.0 Å². The van der Waals surface area contributed by atoms with Gasteiger partial charge in [0.1, 0.15) is 5.60 Å². The molecule has 1 saturated heterocycles. The molecule has 1 aromatic carbocycles. The van der Waals surface area contributed by atoms with Crippen LogP contribution < -0.4 is 0 Å². The van der Waals surface area contributed by atoms with Crippen LogP contribution in [0.25, 0.3) is 0 Å². The summed E-state index contributed by atoms with van der Waals surface area (Å²) in [5.41, 5.74) is -0.0444. The Hall–Kier alpha value is -1.19. The van der Waals surface area contributed by atoms with Crippen molar-refractivity contribution >= 4 is 5.78 Å². The van der Waals surface area contributed by atoms with E-state index in [-0.39, 0.29) is 17.6 Å². The quantitative estimate of drug-likeness (QED) is 0.797. The Morgan fingerprint density at radius 2 is 2.05 bits per heavy atom. The van der Waals surface area contributed by atoms with E-state index in [1.165, 1.54) is 0 Å². The van der Waals surface area contributed by atoms with Gasteiger partial charge in [0.25, 0.3) is 0 Å². The fourth-order valence-electron chi connectivity index (χ4n) is 4.93. The van der Waals surface area contributed by atoms with Crippen molar-refractivity contribution in [2.75, 3.05) is 6.61 Å². The van der Waals surface area contributed by atoms with Gasteiger partial charge in [-0.2, -0.15) is 0 Å². The summed E-state index contributed by atoms with van der Waals surface area (Å²) in [6, 6.07) is 7.87. The first-order valence-electron chi connectivity index (χ1n) is 7.87. The molecule has 4 rings (SSSR count). The van der Waals surface area contributed by atoms with Crippen molar-refractivity contribution in [1.82, 2.24) is 0 Å². The average Bonchev–Trinajstić information content (AvgIpc) is 2.58. The van der Waals surface area contributed by atoms with E-state index in [0.29, 0.717) is 12.5 Å². The average molecular weight is 286 g/mol. The molecule has 0 aromatic heterocycles. The highest BCUT2D eigenvalue weighted by molar-refractivity contribution is 5.98. The predicted octanol–water partition coefficient (Wildman–Crippen LogP) is 2.75. The monoisotopic (exact) mass is 286 g/mol. The smallest absolute Gasteiger partial charge is 0.166 e. The molecule has 112 valence electrons. The summed E-state index contributed by atoms with van der Waals surface area (Å²) in [5.74, 6) is 0.420. The summed E-state index contributed by atoms with van der Waals surface area (Å²) in [7, 11) is 0. The minimum Gasteiger partial charge on any atom is -0.386 e. The van der Waals surface area contributed by atoms with Crippen LogP contribution >= 0.6 is 0 Å². The van der Waals surface area contributed by atoms with Crippen molar-refractivity contribution in [1.29, 1.82) is 0 Å². The fourth-order valence-corrected chi connectivity index (χ4v) is 4.93. The lowest BCUT2D eigenvalue weighted by molar-refractivity contribution is -0.170. The van der Waals surface area contributed by atoms with E-state index >= 15 is 0 Å². The van der Waals surface area contributed by atoms with E-state index in [9.17, 15) is 9.90 Å². The number of fused-ring (bicyclic) bond motifs is 1. The van der Waals surface area contributed by atoms with E-state index in [1.807, 2.05) is 25.1 Å². The van der Waals surface area contributed by atoms with Crippen LogP contribution in [0.2, 0.25) is 0 Å². The first-order chi connectivity index (χ1) is 9.90. The number of hydrogen-bond acceptors (Lipinski definition) is 3. The van der Waals surface area contributed by atoms with Gasteiger partial charge >= 0.3 is 0 Å². The normalized spacial score (nSPS) is 44.9. The summed E-state index contributed by atoms with van der Waals surface area (Å²) >= 11 is 0. The maximum atomic E-state index is 12.8. The second-order valence-corrected chi connectivity index (χ2v) is 7.49. The minimum absolute atomic E-state index is 0.0522. The lowest BCUT2D eigenvalue weighted by Gasteiger charge is -2.54. The molecule has 4 bridgehead atoms. The van der Waals surface area contributed by atoms with Gasteiger partial charge in [-0.25, -0.2) is 0 Å². The Balaban J connectivity index is 1.91. The zero-order valence-corrected chi connectivity index (χ0v) is 12.7. The molecule has 3 aliphatic rings. The van der Waals surface area contributed by atoms with Gasteiger partial charge in [0.05, 0.1) is 12.2 Å². The maximum Gasteiger partial charge on any atom is 0.166 e. The molecule has 3 nitrogen and oxygen atoms in total. The third kappa shape index (κ3) is 1.49. The van der Waals surface area contributed by atoms with Gasteiger partial charge in [0.15, 0.2) is 5.78 Å². The van der Waals surface area contributed by atoms with Crippen molar-refractivity contribution < 1.29 is 14.6 Å². The predicted molar refractivity (Wildman–Crippen MR) is 79.2 cm³/mol. The highest BCUT2D eigenvalue weighted by Gasteiger charge is 2.70. The van der Waals surface area contributed by atoms with E-state index in [0.717, 1.165) is 30.4 Å². The topological polar surface area (TPSA) is 46.5 Å². The number of ketones is 1. The van der Waals surface area contributed by atoms with Crippen molar-refractivity contribution in [3.63, 3.8) is 0 Å². The highest BCUT2D eigenvalue weighted by atomic mass is 16.5. The summed E-state index contributed by atoms with van der Waals surface area (Å²) in [6.45, 7) is 4.65. The van der Waals surface area contributed by atoms with Gasteiger partial charge in [0.2, 0.25) is 0 Å². The summed E-state index contributed by atoms with van der Waals surface area (Å²) < 4.78 is 6.04. The first kappa shape index (κ1) is 13.5. The van der Waals surface area contributed by atoms with E-state index in [1.54, 1.807) is 0 Å². The van der Waals surface area contributed by atoms with Crippen molar-refractivity contribution in [2.45, 2.75) is 50.7 Å². The Bertz CT molecular complexity index is 625. The lowest BCUT2D eigenvalue weighted by Crippen LogP contribution is -2.63. The summed E-state index contributed by atoms with van der Waals surface area (Å²) in [4.78, 5) is 12.8. The Labute approximate surface area is 125 Å². The molecular weight excluding hydrogens is 264 g/mol. The molecule has 0 spiro atoms. The third-order valence-corrected chi connectivity index (χ3v) is 6.58. The van der Waals surface area contributed by atoms with Crippen LogP contribution in [0.4, 0.5) is 0 Å². The molecule has 1 aromatic rings. The van der Waals surface area contributed by atoms with Crippen molar-refractivity contribution in [2.24, 2.45) is 11.3 Å². The van der Waals surface area contributed by atoms with Crippen molar-refractivity contribution in [3.05, 3.63) is 35.4 Å². The minimum atomic E-state index is -1.05. The lowest BCUT2D eigenvalue weighted by atomic mass is 9.52. The summed E-state index contributed by atoms with van der Waals surface area (Å²) in [6.07, 6.45) is 2.92. The Morgan fingerprint density at radius 3 is 2.86 bits per heavy atom. The molecule has 4 atom stereocenters. The van der Waals surface area contributed by atoms with Crippen LogP contribution in [-0.2, 0) is 11.2 Å². The van der Waals surface area contributed by atoms with Crippen LogP contribution in [-0.4, -0.2) is 28.7 Å². The number of aliphatic hydroxyl groups is 1. The van der Waals surface area contributed by atoms with Gasteiger partial charge in [-0.05, 0) is 37.7 Å². The van der Waals surface area contributed by atoms with Gasteiger partial charge in [-0.3, -0.25) is 4.79 Å². The number of Topliss-reactive ketones (excluding diaryl/α,β-unsaturated/α-hetero) is 1. The molecule has 1 N–H and O–H groups in total. The number of ether oxygens (including phenoxy) is 1. The SMILES string of the molecule is C[C@@]12CC[C@H]3Cc4ccccc4C(=O)C[C@]1(O)[C@@]3(C)CO2. The first-order valence-corrected chi connectivity index (χ1v) is 7.87. The van der Waals surface area contributed by atoms with Crippen LogP contribution in [0.15, 0.2) is 24.3 Å². The fraction of sp³-hybridized carbons (Fsp3) is 0.611. The highest BCUT2D eigenvalue weighted by Crippen LogP contribution is 2.62. The molecule has 0 radical (unpaired) electrons. The zero-order chi connectivity index (χ0) is 14.9. The largest absolute Gasteiger partial charge is 0.386 e. The number of hydrogen-bond donors (Lipinski definition) is 1. The molecule has 2 fully saturated rings. The maximum absolute atomic E-state index is 12.8.